The van der Waals surface area contributed by atoms with Crippen LogP contribution >= 0.6 is 0 Å². The Bertz CT molecular complexity index is 767. The van der Waals surface area contributed by atoms with Crippen molar-refractivity contribution in [3.63, 3.8) is 0 Å². The Hall–Kier alpha value is -2.73. The molecule has 6 nitrogen and oxygen atoms in total. The number of amides is 1. The third-order valence-electron chi connectivity index (χ3n) is 4.65. The summed E-state index contributed by atoms with van der Waals surface area (Å²) in [4.78, 5) is 12.4. The highest BCUT2D eigenvalue weighted by Crippen LogP contribution is 2.24. The van der Waals surface area contributed by atoms with Gasteiger partial charge in [0.1, 0.15) is 18.1 Å². The first-order chi connectivity index (χ1) is 15.2. The maximum absolute atomic E-state index is 12.4. The van der Waals surface area contributed by atoms with Crippen LogP contribution in [0.1, 0.15) is 46.0 Å². The van der Waals surface area contributed by atoms with E-state index in [2.05, 4.69) is 17.6 Å². The molecule has 2 N–H and O–H groups in total. The number of carbonyl (C=O) groups excluding carboxylic acids is 1. The average Bonchev–Trinajstić information content (AvgIpc) is 2.79. The molecule has 0 bridgehead atoms. The number of carbonyl (C=O) groups is 1. The molecule has 0 saturated carbocycles. The predicted molar refractivity (Wildman–Crippen MR) is 126 cm³/mol. The number of hydrogen-bond donors (Lipinski definition) is 2. The zero-order chi connectivity index (χ0) is 22.2. The molecule has 6 heteroatoms. The van der Waals surface area contributed by atoms with Gasteiger partial charge in [-0.3, -0.25) is 4.79 Å². The highest BCUT2D eigenvalue weighted by molar-refractivity contribution is 5.95. The van der Waals surface area contributed by atoms with Crippen molar-refractivity contribution in [2.45, 2.75) is 46.0 Å². The van der Waals surface area contributed by atoms with E-state index in [1.165, 1.54) is 25.7 Å². The molecule has 0 radical (unpaired) electrons. The Morgan fingerprint density at radius 2 is 1.71 bits per heavy atom. The summed E-state index contributed by atoms with van der Waals surface area (Å²) in [5, 5.41) is 6.05. The molecule has 0 aliphatic rings. The van der Waals surface area contributed by atoms with Gasteiger partial charge in [0.05, 0.1) is 25.4 Å². The van der Waals surface area contributed by atoms with E-state index in [9.17, 15) is 4.79 Å². The van der Waals surface area contributed by atoms with Crippen molar-refractivity contribution in [3.05, 3.63) is 48.5 Å². The number of benzene rings is 2. The highest BCUT2D eigenvalue weighted by atomic mass is 16.5. The van der Waals surface area contributed by atoms with E-state index in [1.807, 2.05) is 55.5 Å². The SMILES string of the molecule is CCCCCCCOc1cccc(NCC(=O)Nc2ccccc2OCCOCC)c1. The summed E-state index contributed by atoms with van der Waals surface area (Å²) in [6.45, 7) is 6.62. The molecule has 0 fully saturated rings. The second-order valence-electron chi connectivity index (χ2n) is 7.23. The van der Waals surface area contributed by atoms with Crippen LogP contribution in [0.3, 0.4) is 0 Å². The molecule has 0 saturated heterocycles. The topological polar surface area (TPSA) is 68.8 Å². The van der Waals surface area contributed by atoms with Crippen molar-refractivity contribution in [1.82, 2.24) is 0 Å². The lowest BCUT2D eigenvalue weighted by Gasteiger charge is -2.13. The van der Waals surface area contributed by atoms with Crippen LogP contribution in [0.25, 0.3) is 0 Å². The minimum absolute atomic E-state index is 0.147. The van der Waals surface area contributed by atoms with Crippen LogP contribution in [-0.2, 0) is 9.53 Å². The minimum atomic E-state index is -0.150. The van der Waals surface area contributed by atoms with Gasteiger partial charge < -0.3 is 24.8 Å². The van der Waals surface area contributed by atoms with E-state index < -0.39 is 0 Å². The van der Waals surface area contributed by atoms with Gasteiger partial charge in [-0.2, -0.15) is 0 Å². The number of nitrogens with one attached hydrogen (secondary N) is 2. The van der Waals surface area contributed by atoms with Gasteiger partial charge in [0.2, 0.25) is 5.91 Å². The lowest BCUT2D eigenvalue weighted by Crippen LogP contribution is -2.22. The summed E-state index contributed by atoms with van der Waals surface area (Å²) in [6.07, 6.45) is 6.05. The Balaban J connectivity index is 1.76. The first-order valence-electron chi connectivity index (χ1n) is 11.3. The van der Waals surface area contributed by atoms with Crippen LogP contribution < -0.4 is 20.1 Å². The standard InChI is InChI=1S/C25H36N2O4/c1-3-5-6-7-10-16-30-22-13-11-12-21(19-22)26-20-25(28)27-23-14-8-9-15-24(23)31-18-17-29-4-2/h8-9,11-15,19,26H,3-7,10,16-18,20H2,1-2H3,(H,27,28). The lowest BCUT2D eigenvalue weighted by molar-refractivity contribution is -0.114. The minimum Gasteiger partial charge on any atom is -0.494 e. The lowest BCUT2D eigenvalue weighted by atomic mass is 10.2. The van der Waals surface area contributed by atoms with Gasteiger partial charge >= 0.3 is 0 Å². The summed E-state index contributed by atoms with van der Waals surface area (Å²) in [6, 6.07) is 15.1. The molecule has 0 aliphatic heterocycles. The van der Waals surface area contributed by atoms with Crippen molar-refractivity contribution in [3.8, 4) is 11.5 Å². The van der Waals surface area contributed by atoms with Crippen molar-refractivity contribution in [2.75, 3.05) is 43.6 Å². The van der Waals surface area contributed by atoms with E-state index in [1.54, 1.807) is 0 Å². The number of unbranched alkanes of at least 4 members (excludes halogenated alkanes) is 4. The van der Waals surface area contributed by atoms with Gasteiger partial charge in [-0.05, 0) is 37.6 Å². The van der Waals surface area contributed by atoms with E-state index >= 15 is 0 Å². The normalized spacial score (nSPS) is 10.5. The number of rotatable bonds is 16. The van der Waals surface area contributed by atoms with Gasteiger partial charge in [0.25, 0.3) is 0 Å². The molecule has 0 spiro atoms. The Morgan fingerprint density at radius 3 is 2.55 bits per heavy atom. The van der Waals surface area contributed by atoms with Crippen LogP contribution in [0.5, 0.6) is 11.5 Å². The second kappa shape index (κ2) is 15.1. The zero-order valence-electron chi connectivity index (χ0n) is 18.8. The maximum atomic E-state index is 12.4. The quantitative estimate of drug-likeness (QED) is 0.346. The molecule has 0 aliphatic carbocycles. The first-order valence-corrected chi connectivity index (χ1v) is 11.3. The Morgan fingerprint density at radius 1 is 0.871 bits per heavy atom. The van der Waals surface area contributed by atoms with Crippen molar-refractivity contribution >= 4 is 17.3 Å². The number of ether oxygens (including phenoxy) is 3. The smallest absolute Gasteiger partial charge is 0.243 e. The predicted octanol–water partition coefficient (Wildman–Crippen LogP) is 5.50. The summed E-state index contributed by atoms with van der Waals surface area (Å²) < 4.78 is 16.8. The molecule has 31 heavy (non-hydrogen) atoms. The van der Waals surface area contributed by atoms with Gasteiger partial charge in [-0.25, -0.2) is 0 Å². The number of anilines is 2. The summed E-state index contributed by atoms with van der Waals surface area (Å²) >= 11 is 0. The fourth-order valence-electron chi connectivity index (χ4n) is 3.02. The molecular formula is C25H36N2O4. The molecule has 0 aromatic heterocycles. The molecule has 2 aromatic rings. The largest absolute Gasteiger partial charge is 0.494 e. The zero-order valence-corrected chi connectivity index (χ0v) is 18.8. The molecule has 170 valence electrons. The third kappa shape index (κ3) is 10.2. The van der Waals surface area contributed by atoms with Gasteiger partial charge in [-0.1, -0.05) is 50.8 Å². The van der Waals surface area contributed by atoms with E-state index in [0.717, 1.165) is 17.9 Å². The van der Waals surface area contributed by atoms with Crippen LogP contribution in [0.15, 0.2) is 48.5 Å². The molecule has 0 unspecified atom stereocenters. The fraction of sp³-hybridized carbons (Fsp3) is 0.480. The highest BCUT2D eigenvalue weighted by Gasteiger charge is 2.08. The maximum Gasteiger partial charge on any atom is 0.243 e. The monoisotopic (exact) mass is 428 g/mol. The summed E-state index contributed by atoms with van der Waals surface area (Å²) in [5.41, 5.74) is 1.49. The van der Waals surface area contributed by atoms with E-state index in [4.69, 9.17) is 14.2 Å². The Labute approximate surface area is 186 Å². The Kier molecular flexibility index (Phi) is 12.0. The number of hydrogen-bond acceptors (Lipinski definition) is 5. The van der Waals surface area contributed by atoms with E-state index in [0.29, 0.717) is 37.9 Å². The van der Waals surface area contributed by atoms with Crippen molar-refractivity contribution < 1.29 is 19.0 Å². The van der Waals surface area contributed by atoms with Gasteiger partial charge in [0, 0.05) is 18.4 Å². The molecule has 0 atom stereocenters. The molecule has 0 heterocycles. The molecule has 2 aromatic carbocycles. The first kappa shape index (κ1) is 24.5. The van der Waals surface area contributed by atoms with Crippen LogP contribution in [-0.4, -0.2) is 38.9 Å². The van der Waals surface area contributed by atoms with Crippen LogP contribution in [0, 0.1) is 0 Å². The van der Waals surface area contributed by atoms with Crippen LogP contribution in [0.4, 0.5) is 11.4 Å². The number of para-hydroxylation sites is 2. The van der Waals surface area contributed by atoms with Gasteiger partial charge in [-0.15, -0.1) is 0 Å². The average molecular weight is 429 g/mol. The van der Waals surface area contributed by atoms with Crippen LogP contribution in [0.2, 0.25) is 0 Å². The molecule has 2 rings (SSSR count). The summed E-state index contributed by atoms with van der Waals surface area (Å²) in [5.74, 6) is 1.29. The fourth-order valence-corrected chi connectivity index (χ4v) is 3.02. The van der Waals surface area contributed by atoms with Crippen molar-refractivity contribution in [1.29, 1.82) is 0 Å². The second-order valence-corrected chi connectivity index (χ2v) is 7.23. The third-order valence-corrected chi connectivity index (χ3v) is 4.65. The summed E-state index contributed by atoms with van der Waals surface area (Å²) in [7, 11) is 0. The van der Waals surface area contributed by atoms with E-state index in [-0.39, 0.29) is 12.5 Å². The molecular weight excluding hydrogens is 392 g/mol. The molecule has 1 amide bonds. The van der Waals surface area contributed by atoms with Gasteiger partial charge in [0.15, 0.2) is 0 Å². The van der Waals surface area contributed by atoms with Crippen molar-refractivity contribution in [2.24, 2.45) is 0 Å².